The second-order valence-corrected chi connectivity index (χ2v) is 10.1. The van der Waals surface area contributed by atoms with Crippen molar-refractivity contribution in [2.45, 2.75) is 56.5 Å². The molecule has 0 amide bonds. The van der Waals surface area contributed by atoms with Gasteiger partial charge in [0.2, 0.25) is 0 Å². The third kappa shape index (κ3) is 5.24. The molecule has 1 aromatic heterocycles. The van der Waals surface area contributed by atoms with Crippen LogP contribution < -0.4 is 16.2 Å². The first-order valence-corrected chi connectivity index (χ1v) is 12.7. The molecule has 2 aliphatic rings. The molecule has 3 atom stereocenters. The standard InChI is InChI=1S/C26H31ClN4O2S/c1-28-26(34)30-29-14-21-12-20(32)13-24(33-21)31-15-19(25-22(27)3-2-4-23(25)31)11-16-5-7-17(8-6-16)18-9-10-18/h2-8,15,18,20-21,24,29,32H,9-14H2,1H3,(H2,28,30,34)/t20-,21-,24+/m0/s1. The predicted octanol–water partition coefficient (Wildman–Crippen LogP) is 4.40. The maximum absolute atomic E-state index is 10.6. The summed E-state index contributed by atoms with van der Waals surface area (Å²) in [5.41, 5.74) is 10.9. The lowest BCUT2D eigenvalue weighted by Gasteiger charge is -2.34. The minimum absolute atomic E-state index is 0.157. The number of hydrogen-bond acceptors (Lipinski definition) is 4. The van der Waals surface area contributed by atoms with Crippen molar-refractivity contribution in [3.8, 4) is 0 Å². The molecule has 2 heterocycles. The molecule has 0 bridgehead atoms. The van der Waals surface area contributed by atoms with Gasteiger partial charge in [-0.2, -0.15) is 0 Å². The summed E-state index contributed by atoms with van der Waals surface area (Å²) in [6.45, 7) is 0.523. The topological polar surface area (TPSA) is 70.5 Å². The molecule has 1 saturated carbocycles. The lowest BCUT2D eigenvalue weighted by Crippen LogP contribution is -2.48. The SMILES string of the molecule is CNC(=S)NNC[C@@H]1C[C@H](O)C[C@H](n2cc(Cc3ccc(C4CC4)cc3)c3c(Cl)cccc32)O1. The van der Waals surface area contributed by atoms with Crippen molar-refractivity contribution in [3.05, 3.63) is 70.4 Å². The highest BCUT2D eigenvalue weighted by Crippen LogP contribution is 2.40. The van der Waals surface area contributed by atoms with E-state index in [0.29, 0.717) is 24.5 Å². The van der Waals surface area contributed by atoms with E-state index in [2.05, 4.69) is 57.3 Å². The Morgan fingerprint density at radius 2 is 1.97 bits per heavy atom. The van der Waals surface area contributed by atoms with Gasteiger partial charge in [-0.1, -0.05) is 41.9 Å². The zero-order chi connectivity index (χ0) is 23.7. The first kappa shape index (κ1) is 23.6. The van der Waals surface area contributed by atoms with E-state index < -0.39 is 6.10 Å². The smallest absolute Gasteiger partial charge is 0.180 e. The van der Waals surface area contributed by atoms with Gasteiger partial charge >= 0.3 is 0 Å². The molecule has 3 aromatic rings. The second kappa shape index (κ2) is 10.2. The first-order valence-electron chi connectivity index (χ1n) is 11.9. The second-order valence-electron chi connectivity index (χ2n) is 9.31. The molecule has 8 heteroatoms. The van der Waals surface area contributed by atoms with E-state index in [-0.39, 0.29) is 12.3 Å². The Hall–Kier alpha value is -2.16. The van der Waals surface area contributed by atoms with Crippen molar-refractivity contribution in [1.29, 1.82) is 0 Å². The van der Waals surface area contributed by atoms with Gasteiger partial charge in [0.25, 0.3) is 0 Å². The molecule has 0 spiro atoms. The summed E-state index contributed by atoms with van der Waals surface area (Å²) in [6.07, 6.45) is 5.78. The van der Waals surface area contributed by atoms with Crippen LogP contribution in [-0.4, -0.2) is 40.6 Å². The Morgan fingerprint density at radius 1 is 1.18 bits per heavy atom. The van der Waals surface area contributed by atoms with Crippen molar-refractivity contribution >= 4 is 39.8 Å². The monoisotopic (exact) mass is 498 g/mol. The number of halogens is 1. The van der Waals surface area contributed by atoms with E-state index in [1.165, 1.54) is 29.5 Å². The van der Waals surface area contributed by atoms with Gasteiger partial charge in [-0.05, 0) is 66.2 Å². The molecule has 2 fully saturated rings. The van der Waals surface area contributed by atoms with Crippen molar-refractivity contribution in [2.24, 2.45) is 0 Å². The molecule has 34 heavy (non-hydrogen) atoms. The largest absolute Gasteiger partial charge is 0.393 e. The molecule has 0 unspecified atom stereocenters. The number of fused-ring (bicyclic) bond motifs is 1. The van der Waals surface area contributed by atoms with Crippen LogP contribution in [-0.2, 0) is 11.2 Å². The highest BCUT2D eigenvalue weighted by atomic mass is 35.5. The van der Waals surface area contributed by atoms with E-state index in [0.717, 1.165) is 28.3 Å². The van der Waals surface area contributed by atoms with Gasteiger partial charge in [0.15, 0.2) is 5.11 Å². The molecule has 1 saturated heterocycles. The number of hydrogen-bond donors (Lipinski definition) is 4. The average Bonchev–Trinajstić information content (AvgIpc) is 3.61. The van der Waals surface area contributed by atoms with Gasteiger partial charge in [-0.3, -0.25) is 5.43 Å². The van der Waals surface area contributed by atoms with Gasteiger partial charge in [0.1, 0.15) is 6.23 Å². The molecule has 5 rings (SSSR count). The number of thiocarbonyl (C=S) groups is 1. The van der Waals surface area contributed by atoms with Crippen LogP contribution in [0.3, 0.4) is 0 Å². The highest BCUT2D eigenvalue weighted by molar-refractivity contribution is 7.80. The van der Waals surface area contributed by atoms with Crippen LogP contribution in [0.15, 0.2) is 48.7 Å². The minimum atomic E-state index is -0.447. The van der Waals surface area contributed by atoms with E-state index in [9.17, 15) is 5.11 Å². The van der Waals surface area contributed by atoms with Crippen LogP contribution in [0.2, 0.25) is 5.02 Å². The molecule has 4 N–H and O–H groups in total. The van der Waals surface area contributed by atoms with Crippen LogP contribution in [0.5, 0.6) is 0 Å². The summed E-state index contributed by atoms with van der Waals surface area (Å²) in [5, 5.41) is 15.8. The van der Waals surface area contributed by atoms with E-state index in [1.807, 2.05) is 12.1 Å². The lowest BCUT2D eigenvalue weighted by molar-refractivity contribution is -0.125. The summed E-state index contributed by atoms with van der Waals surface area (Å²) >= 11 is 11.8. The van der Waals surface area contributed by atoms with Crippen LogP contribution >= 0.6 is 23.8 Å². The Labute approximate surface area is 210 Å². The third-order valence-corrected chi connectivity index (χ3v) is 7.36. The van der Waals surface area contributed by atoms with E-state index in [4.69, 9.17) is 28.6 Å². The quantitative estimate of drug-likeness (QED) is 0.286. The predicted molar refractivity (Wildman–Crippen MR) is 140 cm³/mol. The van der Waals surface area contributed by atoms with Gasteiger partial charge in [0, 0.05) is 38.0 Å². The lowest BCUT2D eigenvalue weighted by atomic mass is 10.0. The highest BCUT2D eigenvalue weighted by Gasteiger charge is 2.31. The maximum atomic E-state index is 10.6. The molecule has 2 aromatic carbocycles. The molecular formula is C26H31ClN4O2S. The van der Waals surface area contributed by atoms with E-state index in [1.54, 1.807) is 7.05 Å². The average molecular weight is 499 g/mol. The summed E-state index contributed by atoms with van der Waals surface area (Å²) in [4.78, 5) is 0. The van der Waals surface area contributed by atoms with Crippen LogP contribution in [0.1, 0.15) is 54.5 Å². The number of ether oxygens (including phenoxy) is 1. The maximum Gasteiger partial charge on any atom is 0.180 e. The fraction of sp³-hybridized carbons (Fsp3) is 0.423. The summed E-state index contributed by atoms with van der Waals surface area (Å²) < 4.78 is 8.55. The summed E-state index contributed by atoms with van der Waals surface area (Å²) in [5.74, 6) is 0.756. The molecule has 1 aliphatic heterocycles. The zero-order valence-electron chi connectivity index (χ0n) is 19.3. The first-order chi connectivity index (χ1) is 16.5. The molecule has 6 nitrogen and oxygen atoms in total. The fourth-order valence-electron chi connectivity index (χ4n) is 4.85. The molecule has 0 radical (unpaired) electrons. The van der Waals surface area contributed by atoms with Gasteiger partial charge in [0.05, 0.1) is 22.7 Å². The van der Waals surface area contributed by atoms with Crippen molar-refractivity contribution in [1.82, 2.24) is 20.7 Å². The van der Waals surface area contributed by atoms with E-state index >= 15 is 0 Å². The number of aliphatic hydroxyl groups excluding tert-OH is 1. The fourth-order valence-corrected chi connectivity index (χ4v) is 5.21. The molecular weight excluding hydrogens is 468 g/mol. The van der Waals surface area contributed by atoms with Gasteiger partial charge in [-0.25, -0.2) is 5.43 Å². The Morgan fingerprint density at radius 3 is 2.71 bits per heavy atom. The Kier molecular flexibility index (Phi) is 7.09. The number of nitrogens with one attached hydrogen (secondary N) is 3. The third-order valence-electron chi connectivity index (χ3n) is 6.74. The van der Waals surface area contributed by atoms with Crippen LogP contribution in [0.25, 0.3) is 10.9 Å². The number of benzene rings is 2. The molecule has 180 valence electrons. The number of rotatable bonds is 7. The van der Waals surface area contributed by atoms with Crippen molar-refractivity contribution in [3.63, 3.8) is 0 Å². The number of nitrogens with zero attached hydrogens (tertiary/aromatic N) is 1. The summed E-state index contributed by atoms with van der Waals surface area (Å²) in [7, 11) is 1.76. The van der Waals surface area contributed by atoms with Gasteiger partial charge < -0.3 is 19.7 Å². The summed E-state index contributed by atoms with van der Waals surface area (Å²) in [6, 6.07) is 15.0. The van der Waals surface area contributed by atoms with Crippen molar-refractivity contribution < 1.29 is 9.84 Å². The minimum Gasteiger partial charge on any atom is -0.393 e. The van der Waals surface area contributed by atoms with Crippen LogP contribution in [0, 0.1) is 0 Å². The number of aromatic nitrogens is 1. The zero-order valence-corrected chi connectivity index (χ0v) is 20.8. The Balaban J connectivity index is 1.38. The van der Waals surface area contributed by atoms with Crippen molar-refractivity contribution in [2.75, 3.05) is 13.6 Å². The van der Waals surface area contributed by atoms with Crippen LogP contribution in [0.4, 0.5) is 0 Å². The number of hydrazine groups is 1. The number of aliphatic hydroxyl groups is 1. The Bertz CT molecular complexity index is 1160. The normalized spacial score (nSPS) is 22.6. The van der Waals surface area contributed by atoms with Gasteiger partial charge in [-0.15, -0.1) is 0 Å². The molecule has 1 aliphatic carbocycles.